The molecule has 0 bridgehead atoms. The normalized spacial score (nSPS) is 10.2. The third-order valence-corrected chi connectivity index (χ3v) is 2.20. The van der Waals surface area contributed by atoms with Crippen LogP contribution in [0, 0.1) is 21.4 Å². The predicted molar refractivity (Wildman–Crippen MR) is 50.2 cm³/mol. The number of rotatable bonds is 3. The molecular formula is C8H4ClF2N3O2. The summed E-state index contributed by atoms with van der Waals surface area (Å²) in [5, 5.41) is 18.4. The van der Waals surface area contributed by atoms with E-state index in [-0.39, 0.29) is 5.56 Å². The molecule has 1 heterocycles. The van der Waals surface area contributed by atoms with Gasteiger partial charge in [0.05, 0.1) is 18.1 Å². The number of hydrogen-bond acceptors (Lipinski definition) is 4. The van der Waals surface area contributed by atoms with Crippen LogP contribution in [-0.4, -0.2) is 9.91 Å². The van der Waals surface area contributed by atoms with Gasteiger partial charge in [-0.2, -0.15) is 5.26 Å². The summed E-state index contributed by atoms with van der Waals surface area (Å²) in [7, 11) is 0. The van der Waals surface area contributed by atoms with Crippen molar-refractivity contribution in [3.05, 3.63) is 32.5 Å². The summed E-state index contributed by atoms with van der Waals surface area (Å²) in [6.07, 6.45) is -2.64. The van der Waals surface area contributed by atoms with Crippen molar-refractivity contribution in [3.63, 3.8) is 0 Å². The van der Waals surface area contributed by atoms with Gasteiger partial charge in [-0.3, -0.25) is 0 Å². The van der Waals surface area contributed by atoms with E-state index in [9.17, 15) is 18.9 Å². The summed E-state index contributed by atoms with van der Waals surface area (Å²) in [6.45, 7) is 0. The molecule has 84 valence electrons. The molecule has 0 saturated heterocycles. The van der Waals surface area contributed by atoms with Crippen molar-refractivity contribution in [2.45, 2.75) is 12.8 Å². The summed E-state index contributed by atoms with van der Waals surface area (Å²) in [5.74, 6) is -0.726. The van der Waals surface area contributed by atoms with E-state index in [1.54, 1.807) is 6.07 Å². The Hall–Kier alpha value is -1.81. The summed E-state index contributed by atoms with van der Waals surface area (Å²) in [5.41, 5.74) is -0.807. The molecule has 0 saturated carbocycles. The molecule has 0 spiro atoms. The molecule has 8 heteroatoms. The fourth-order valence-electron chi connectivity index (χ4n) is 1.10. The van der Waals surface area contributed by atoms with Crippen molar-refractivity contribution in [2.24, 2.45) is 0 Å². The zero-order valence-electron chi connectivity index (χ0n) is 7.65. The molecule has 0 unspecified atom stereocenters. The highest BCUT2D eigenvalue weighted by molar-refractivity contribution is 6.33. The number of alkyl halides is 2. The average molecular weight is 248 g/mol. The zero-order valence-corrected chi connectivity index (χ0v) is 8.41. The molecule has 0 aliphatic heterocycles. The summed E-state index contributed by atoms with van der Waals surface area (Å²) >= 11 is 5.54. The van der Waals surface area contributed by atoms with E-state index < -0.39 is 34.2 Å². The molecule has 0 aliphatic rings. The molecule has 0 radical (unpaired) electrons. The van der Waals surface area contributed by atoms with Gasteiger partial charge in [-0.1, -0.05) is 11.6 Å². The van der Waals surface area contributed by atoms with Crippen LogP contribution in [0.5, 0.6) is 0 Å². The van der Waals surface area contributed by atoms with Gasteiger partial charge in [0.2, 0.25) is 0 Å². The summed E-state index contributed by atoms with van der Waals surface area (Å²) in [4.78, 5) is 12.8. The third-order valence-electron chi connectivity index (χ3n) is 1.80. The first-order valence-corrected chi connectivity index (χ1v) is 4.33. The predicted octanol–water partition coefficient (Wildman–Crippen LogP) is 2.65. The van der Waals surface area contributed by atoms with Gasteiger partial charge in [-0.25, -0.2) is 8.78 Å². The largest absolute Gasteiger partial charge is 0.382 e. The van der Waals surface area contributed by atoms with Crippen LogP contribution < -0.4 is 0 Å². The lowest BCUT2D eigenvalue weighted by Crippen LogP contribution is -2.02. The molecule has 5 nitrogen and oxygen atoms in total. The monoisotopic (exact) mass is 247 g/mol. The molecule has 0 atom stereocenters. The highest BCUT2D eigenvalue weighted by atomic mass is 35.5. The lowest BCUT2D eigenvalue weighted by Gasteiger charge is -2.05. The number of hydrogen-bond donors (Lipinski definition) is 0. The molecule has 1 rings (SSSR count). The first kappa shape index (κ1) is 12.3. The first-order chi connectivity index (χ1) is 7.49. The van der Waals surface area contributed by atoms with Gasteiger partial charge >= 0.3 is 5.82 Å². The second-order valence-electron chi connectivity index (χ2n) is 2.72. The van der Waals surface area contributed by atoms with Crippen LogP contribution in [0.3, 0.4) is 0 Å². The number of nitrogens with zero attached hydrogens (tertiary/aromatic N) is 3. The van der Waals surface area contributed by atoms with Crippen LogP contribution >= 0.6 is 11.6 Å². The molecular weight excluding hydrogens is 244 g/mol. The molecule has 0 fully saturated rings. The van der Waals surface area contributed by atoms with E-state index in [1.807, 2.05) is 0 Å². The second-order valence-corrected chi connectivity index (χ2v) is 3.10. The number of nitriles is 1. The Bertz CT molecular complexity index is 473. The number of nitro groups is 1. The van der Waals surface area contributed by atoms with E-state index in [1.165, 1.54) is 0 Å². The Labute approximate surface area is 93.4 Å². The lowest BCUT2D eigenvalue weighted by molar-refractivity contribution is -0.389. The van der Waals surface area contributed by atoms with Gasteiger partial charge in [0.1, 0.15) is 11.2 Å². The average Bonchev–Trinajstić information content (AvgIpc) is 2.20. The maximum absolute atomic E-state index is 12.5. The Kier molecular flexibility index (Phi) is 3.68. The Balaban J connectivity index is 3.42. The Morgan fingerprint density at radius 3 is 2.75 bits per heavy atom. The number of aromatic nitrogens is 1. The van der Waals surface area contributed by atoms with E-state index in [0.717, 1.165) is 0 Å². The SMILES string of the molecule is N#CCc1c(C(F)F)cnc([N+](=O)[O-])c1Cl. The standard InChI is InChI=1S/C8H4ClF2N3O2/c9-6-4(1-2-12)5(7(10)11)3-13-8(6)14(15)16/h3,7H,1H2. The molecule has 1 aromatic heterocycles. The molecule has 0 aliphatic carbocycles. The fraction of sp³-hybridized carbons (Fsp3) is 0.250. The van der Waals surface area contributed by atoms with Gasteiger partial charge in [0.25, 0.3) is 6.43 Å². The van der Waals surface area contributed by atoms with Gasteiger partial charge in [-0.05, 0) is 9.91 Å². The first-order valence-electron chi connectivity index (χ1n) is 3.95. The van der Waals surface area contributed by atoms with Crippen LogP contribution in [0.4, 0.5) is 14.6 Å². The molecule has 0 N–H and O–H groups in total. The van der Waals surface area contributed by atoms with Crippen molar-refractivity contribution in [3.8, 4) is 6.07 Å². The smallest absolute Gasteiger partial charge is 0.358 e. The van der Waals surface area contributed by atoms with Crippen LogP contribution in [0.15, 0.2) is 6.20 Å². The second kappa shape index (κ2) is 4.81. The van der Waals surface area contributed by atoms with Gasteiger partial charge in [-0.15, -0.1) is 0 Å². The van der Waals surface area contributed by atoms with E-state index in [4.69, 9.17) is 16.9 Å². The maximum Gasteiger partial charge on any atom is 0.382 e. The third kappa shape index (κ3) is 2.23. The van der Waals surface area contributed by atoms with Crippen LogP contribution in [-0.2, 0) is 6.42 Å². The van der Waals surface area contributed by atoms with E-state index in [0.29, 0.717) is 6.20 Å². The van der Waals surface area contributed by atoms with Crippen LogP contribution in [0.25, 0.3) is 0 Å². The molecule has 1 aromatic rings. The van der Waals surface area contributed by atoms with E-state index in [2.05, 4.69) is 4.98 Å². The summed E-state index contributed by atoms with van der Waals surface area (Å²) in [6, 6.07) is 1.62. The Morgan fingerprint density at radius 1 is 1.69 bits per heavy atom. The van der Waals surface area contributed by atoms with Crippen LogP contribution in [0.2, 0.25) is 5.02 Å². The topological polar surface area (TPSA) is 79.8 Å². The number of pyridine rings is 1. The molecule has 0 amide bonds. The van der Waals surface area contributed by atoms with Gasteiger partial charge < -0.3 is 10.1 Å². The van der Waals surface area contributed by atoms with Gasteiger partial charge in [0.15, 0.2) is 0 Å². The minimum absolute atomic E-state index is 0.249. The number of halogens is 3. The molecule has 0 aromatic carbocycles. The van der Waals surface area contributed by atoms with Gasteiger partial charge in [0, 0.05) is 5.56 Å². The summed E-state index contributed by atoms with van der Waals surface area (Å²) < 4.78 is 25.0. The van der Waals surface area contributed by atoms with Crippen molar-refractivity contribution in [2.75, 3.05) is 0 Å². The highest BCUT2D eigenvalue weighted by Gasteiger charge is 2.25. The fourth-order valence-corrected chi connectivity index (χ4v) is 1.39. The van der Waals surface area contributed by atoms with Crippen molar-refractivity contribution in [1.29, 1.82) is 5.26 Å². The zero-order chi connectivity index (χ0) is 12.3. The minimum Gasteiger partial charge on any atom is -0.358 e. The van der Waals surface area contributed by atoms with Crippen molar-refractivity contribution < 1.29 is 13.7 Å². The maximum atomic E-state index is 12.5. The molecule has 16 heavy (non-hydrogen) atoms. The quantitative estimate of drug-likeness (QED) is 0.607. The highest BCUT2D eigenvalue weighted by Crippen LogP contribution is 2.33. The van der Waals surface area contributed by atoms with Crippen LogP contribution in [0.1, 0.15) is 17.6 Å². The van der Waals surface area contributed by atoms with Crippen molar-refractivity contribution >= 4 is 17.4 Å². The lowest BCUT2D eigenvalue weighted by atomic mass is 10.1. The van der Waals surface area contributed by atoms with Crippen molar-refractivity contribution in [1.82, 2.24) is 4.98 Å². The minimum atomic E-state index is -2.88. The Morgan fingerprint density at radius 2 is 2.31 bits per heavy atom. The van der Waals surface area contributed by atoms with E-state index >= 15 is 0 Å².